The molecule has 5 unspecified atom stereocenters. The van der Waals surface area contributed by atoms with Crippen LogP contribution < -0.4 is 4.74 Å². The topological polar surface area (TPSA) is 182 Å². The minimum atomic E-state index is -4.47. The van der Waals surface area contributed by atoms with Gasteiger partial charge in [0.2, 0.25) is 0 Å². The van der Waals surface area contributed by atoms with Gasteiger partial charge in [0.25, 0.3) is 0 Å². The highest BCUT2D eigenvalue weighted by Gasteiger charge is 2.72. The molecule has 0 radical (unpaired) electrons. The number of halogens is 3. The van der Waals surface area contributed by atoms with Crippen LogP contribution in [0.4, 0.5) is 13.2 Å². The minimum absolute atomic E-state index is 0.0470. The van der Waals surface area contributed by atoms with Crippen LogP contribution >= 0.6 is 0 Å². The monoisotopic (exact) mass is 1010 g/mol. The fourth-order valence-electron chi connectivity index (χ4n) is 11.5. The van der Waals surface area contributed by atoms with Gasteiger partial charge in [-0.25, -0.2) is 19.2 Å². The van der Waals surface area contributed by atoms with E-state index in [1.54, 1.807) is 39.0 Å². The number of carbonyl (C=O) groups excluding carboxylic acids is 6. The standard InChI is InChI=1S/C16H24O2.C13H13NO4.C11H18O2.C10H10O2.C6H7F3O2/c1-4-16(18-15(17)10(2)3)13-6-11-5-12(8-13)9-14(16)7-11;1-6(2)11(15)17-9-7-3-8-10(9)18-12(16)13(8,4-7)5-14;1-4-11(7-5-6-8-11)13-10(12)9(2)3;1-3-9-4-6-10(7-5-9)12-8(2)11;1-4(2)5(10)11-3-6(7,8)9/h11-14H,2,4-9H2,1,3H3;7-10H,1,3-4H2,2H3;2,4-8H2,1,3H3;3-7H,1H2,2H3;1,3H2,2H3. The van der Waals surface area contributed by atoms with E-state index in [9.17, 15) is 47.2 Å². The van der Waals surface area contributed by atoms with E-state index in [4.69, 9.17) is 23.7 Å². The molecular weight excluding hydrogens is 936 g/mol. The highest BCUT2D eigenvalue weighted by Crippen LogP contribution is 2.63. The molecule has 0 amide bonds. The lowest BCUT2D eigenvalue weighted by atomic mass is 9.49. The number of ether oxygens (including phenoxy) is 6. The summed E-state index contributed by atoms with van der Waals surface area (Å²) in [7, 11) is 0. The lowest BCUT2D eigenvalue weighted by molar-refractivity contribution is -0.207. The molecule has 7 aliphatic carbocycles. The summed E-state index contributed by atoms with van der Waals surface area (Å²) < 4.78 is 64.8. The predicted octanol–water partition coefficient (Wildman–Crippen LogP) is 11.4. The lowest BCUT2D eigenvalue weighted by Crippen LogP contribution is -2.59. The van der Waals surface area contributed by atoms with E-state index in [1.807, 2.05) is 12.1 Å². The quantitative estimate of drug-likeness (QED) is 0.0835. The fraction of sp³-hybridized carbons (Fsp3) is 0.589. The molecule has 1 aromatic rings. The van der Waals surface area contributed by atoms with Gasteiger partial charge in [-0.2, -0.15) is 18.4 Å². The first-order chi connectivity index (χ1) is 33.7. The number of fused-ring (bicyclic) bond motifs is 1. The number of carbonyl (C=O) groups is 6. The van der Waals surface area contributed by atoms with Crippen molar-refractivity contribution in [2.45, 2.75) is 162 Å². The number of nitrogens with zero attached hydrogens (tertiary/aromatic N) is 1. The van der Waals surface area contributed by atoms with Crippen molar-refractivity contribution in [2.75, 3.05) is 6.61 Å². The van der Waals surface area contributed by atoms with Gasteiger partial charge in [-0.1, -0.05) is 65.0 Å². The van der Waals surface area contributed by atoms with Crippen LogP contribution in [0.25, 0.3) is 6.08 Å². The Kier molecular flexibility index (Phi) is 20.0. The van der Waals surface area contributed by atoms with Crippen molar-refractivity contribution < 1.29 is 70.4 Å². The van der Waals surface area contributed by atoms with E-state index in [1.165, 1.54) is 58.8 Å². The van der Waals surface area contributed by atoms with Gasteiger partial charge in [-0.05, 0) is 153 Å². The predicted molar refractivity (Wildman–Crippen MR) is 262 cm³/mol. The first-order valence-electron chi connectivity index (χ1n) is 24.8. The van der Waals surface area contributed by atoms with Crippen LogP contribution in [0.3, 0.4) is 0 Å². The Balaban J connectivity index is 0.000000199. The third-order valence-electron chi connectivity index (χ3n) is 15.0. The first kappa shape index (κ1) is 58.6. The average Bonchev–Trinajstić information content (AvgIpc) is 4.08. The van der Waals surface area contributed by atoms with E-state index in [-0.39, 0.29) is 46.5 Å². The van der Waals surface area contributed by atoms with Gasteiger partial charge in [-0.3, -0.25) is 9.59 Å². The average molecular weight is 1010 g/mol. The van der Waals surface area contributed by atoms with Gasteiger partial charge in [0.05, 0.1) is 6.07 Å². The van der Waals surface area contributed by atoms with Gasteiger partial charge in [0.15, 0.2) is 12.0 Å². The SMILES string of the molecule is C=C(C)C(=O)OC1(CC)C2CC3CC(C2)CC1C3.C=C(C)C(=O)OC1(CC)CCCC1.C=C(C)C(=O)OC1C2CC3C1OC(=O)C3(C#N)C2.C=C(C)C(=O)OCC(F)(F)F.C=Cc1ccc(OC(C)=O)cc1. The number of rotatable bonds is 12. The van der Waals surface area contributed by atoms with E-state index in [2.05, 4.69) is 57.5 Å². The summed E-state index contributed by atoms with van der Waals surface area (Å²) in [5.41, 5.74) is 1.01. The van der Waals surface area contributed by atoms with Crippen molar-refractivity contribution in [3.05, 3.63) is 85.0 Å². The van der Waals surface area contributed by atoms with E-state index >= 15 is 0 Å². The van der Waals surface area contributed by atoms with Gasteiger partial charge in [0.1, 0.15) is 29.2 Å². The Hall–Kier alpha value is -5.98. The number of benzene rings is 1. The Bertz CT molecular complexity index is 2260. The maximum Gasteiger partial charge on any atom is 0.422 e. The van der Waals surface area contributed by atoms with Crippen molar-refractivity contribution >= 4 is 41.9 Å². The molecule has 8 aliphatic rings. The molecule has 7 saturated carbocycles. The van der Waals surface area contributed by atoms with Crippen LogP contribution in [0.2, 0.25) is 0 Å². The van der Waals surface area contributed by atoms with E-state index in [0.717, 1.165) is 49.5 Å². The second kappa shape index (κ2) is 24.6. The lowest BCUT2D eigenvalue weighted by Gasteiger charge is -2.60. The third-order valence-corrected chi connectivity index (χ3v) is 15.0. The van der Waals surface area contributed by atoms with Crippen LogP contribution in [0, 0.1) is 52.3 Å². The molecule has 394 valence electrons. The van der Waals surface area contributed by atoms with Crippen molar-refractivity contribution in [3.8, 4) is 11.8 Å². The summed E-state index contributed by atoms with van der Waals surface area (Å²) in [4.78, 5) is 67.6. The molecule has 6 bridgehead atoms. The Morgan fingerprint density at radius 1 is 0.764 bits per heavy atom. The molecule has 1 aliphatic heterocycles. The highest BCUT2D eigenvalue weighted by molar-refractivity contribution is 5.89. The summed E-state index contributed by atoms with van der Waals surface area (Å²) in [5.74, 6) is 0.895. The fourth-order valence-corrected chi connectivity index (χ4v) is 11.5. The van der Waals surface area contributed by atoms with Crippen LogP contribution in [-0.2, 0) is 52.5 Å². The summed E-state index contributed by atoms with van der Waals surface area (Å²) >= 11 is 0. The Morgan fingerprint density at radius 3 is 1.71 bits per heavy atom. The number of esters is 6. The molecule has 13 nitrogen and oxygen atoms in total. The Labute approximate surface area is 422 Å². The first-order valence-corrected chi connectivity index (χ1v) is 24.8. The van der Waals surface area contributed by atoms with E-state index in [0.29, 0.717) is 40.7 Å². The summed E-state index contributed by atoms with van der Waals surface area (Å²) in [6, 6.07) is 9.26. The highest BCUT2D eigenvalue weighted by atomic mass is 19.4. The zero-order valence-corrected chi connectivity index (χ0v) is 42.9. The van der Waals surface area contributed by atoms with Gasteiger partial charge < -0.3 is 28.4 Å². The normalized spacial score (nSPS) is 28.9. The maximum absolute atomic E-state index is 12.0. The van der Waals surface area contributed by atoms with Gasteiger partial charge >= 0.3 is 42.0 Å². The summed E-state index contributed by atoms with van der Waals surface area (Å²) in [6.45, 7) is 28.0. The Morgan fingerprint density at radius 2 is 1.28 bits per heavy atom. The molecule has 5 atom stereocenters. The zero-order chi connectivity index (χ0) is 53.9. The number of alkyl halides is 3. The molecule has 8 fully saturated rings. The van der Waals surface area contributed by atoms with Crippen molar-refractivity contribution in [2.24, 2.45) is 40.9 Å². The molecule has 1 aromatic carbocycles. The van der Waals surface area contributed by atoms with Crippen LogP contribution in [0.15, 0.2) is 79.5 Å². The molecule has 0 N–H and O–H groups in total. The van der Waals surface area contributed by atoms with Gasteiger partial charge in [-0.15, -0.1) is 0 Å². The van der Waals surface area contributed by atoms with Crippen LogP contribution in [0.1, 0.15) is 138 Å². The largest absolute Gasteiger partial charge is 0.457 e. The molecule has 1 heterocycles. The maximum atomic E-state index is 12.0. The van der Waals surface area contributed by atoms with Crippen molar-refractivity contribution in [3.63, 3.8) is 0 Å². The molecule has 72 heavy (non-hydrogen) atoms. The van der Waals surface area contributed by atoms with Crippen molar-refractivity contribution in [1.29, 1.82) is 5.26 Å². The molecule has 9 rings (SSSR count). The smallest absolute Gasteiger partial charge is 0.422 e. The minimum Gasteiger partial charge on any atom is -0.457 e. The molecular formula is C56H72F3NO12. The van der Waals surface area contributed by atoms with Crippen LogP contribution in [0.5, 0.6) is 5.75 Å². The summed E-state index contributed by atoms with van der Waals surface area (Å²) in [6.07, 6.45) is 10.4. The zero-order valence-electron chi connectivity index (χ0n) is 42.9. The number of hydrogen-bond acceptors (Lipinski definition) is 13. The second-order valence-corrected chi connectivity index (χ2v) is 20.4. The molecule has 0 aromatic heterocycles. The molecule has 0 spiro atoms. The number of hydrogen-bond donors (Lipinski definition) is 0. The second-order valence-electron chi connectivity index (χ2n) is 20.4. The summed E-state index contributed by atoms with van der Waals surface area (Å²) in [5, 5.41) is 9.22. The van der Waals surface area contributed by atoms with Crippen LogP contribution in [-0.4, -0.2) is 72.0 Å². The molecule has 16 heteroatoms. The third kappa shape index (κ3) is 14.4. The van der Waals surface area contributed by atoms with Gasteiger partial charge in [0, 0.05) is 41.1 Å². The molecule has 1 saturated heterocycles. The van der Waals surface area contributed by atoms with Crippen molar-refractivity contribution in [1.82, 2.24) is 0 Å². The number of nitriles is 1. The van der Waals surface area contributed by atoms with E-state index < -0.39 is 48.3 Å².